The maximum Gasteiger partial charge on any atom is 0.0547 e. The first-order chi connectivity index (χ1) is 25.8. The van der Waals surface area contributed by atoms with Crippen molar-refractivity contribution in [3.63, 3.8) is 0 Å². The van der Waals surface area contributed by atoms with Gasteiger partial charge in [-0.3, -0.25) is 0 Å². The van der Waals surface area contributed by atoms with Gasteiger partial charge < -0.3 is 4.90 Å². The lowest BCUT2D eigenvalue weighted by Gasteiger charge is -2.29. The summed E-state index contributed by atoms with van der Waals surface area (Å²) in [6.45, 7) is 0. The average molecular weight is 680 g/mol. The summed E-state index contributed by atoms with van der Waals surface area (Å²) in [6.07, 6.45) is 0. The monoisotopic (exact) mass is 679 g/mol. The molecule has 9 aromatic carbocycles. The molecule has 244 valence electrons. The maximum atomic E-state index is 2.45. The highest BCUT2D eigenvalue weighted by Gasteiger charge is 2.22. The van der Waals surface area contributed by atoms with Gasteiger partial charge in [0.1, 0.15) is 0 Å². The zero-order chi connectivity index (χ0) is 34.4. The molecule has 0 atom stereocenters. The molecule has 0 aliphatic rings. The van der Waals surface area contributed by atoms with Crippen molar-refractivity contribution in [2.24, 2.45) is 0 Å². The van der Waals surface area contributed by atoms with Crippen molar-refractivity contribution in [2.75, 3.05) is 4.90 Å². The Morgan fingerprint density at radius 2 is 0.942 bits per heavy atom. The van der Waals surface area contributed by atoms with E-state index >= 15 is 0 Å². The molecule has 0 N–H and O–H groups in total. The molecule has 1 nitrogen and oxygen atoms in total. The summed E-state index contributed by atoms with van der Waals surface area (Å²) >= 11 is 1.86. The summed E-state index contributed by atoms with van der Waals surface area (Å²) in [6, 6.07) is 73.0. The number of thiophene rings is 1. The fraction of sp³-hybridized carbons (Fsp3) is 0. The molecule has 0 bridgehead atoms. The lowest BCUT2D eigenvalue weighted by atomic mass is 9.95. The Morgan fingerprint density at radius 3 is 1.77 bits per heavy atom. The lowest BCUT2D eigenvalue weighted by Crippen LogP contribution is -2.11. The number of hydrogen-bond acceptors (Lipinski definition) is 2. The van der Waals surface area contributed by atoms with Gasteiger partial charge in [0.15, 0.2) is 0 Å². The maximum absolute atomic E-state index is 2.45. The van der Waals surface area contributed by atoms with E-state index in [0.29, 0.717) is 0 Å². The molecule has 0 aliphatic carbocycles. The van der Waals surface area contributed by atoms with Crippen LogP contribution in [-0.4, -0.2) is 0 Å². The van der Waals surface area contributed by atoms with E-state index in [-0.39, 0.29) is 0 Å². The Bertz CT molecular complexity index is 2890. The predicted molar refractivity (Wildman–Crippen MR) is 225 cm³/mol. The first-order valence-corrected chi connectivity index (χ1v) is 18.6. The molecule has 0 spiro atoms. The second-order valence-corrected chi connectivity index (χ2v) is 14.4. The Morgan fingerprint density at radius 1 is 0.327 bits per heavy atom. The number of nitrogens with zero attached hydrogens (tertiary/aromatic N) is 1. The van der Waals surface area contributed by atoms with Gasteiger partial charge in [0.25, 0.3) is 0 Å². The van der Waals surface area contributed by atoms with Crippen LogP contribution in [0.4, 0.5) is 17.1 Å². The van der Waals surface area contributed by atoms with Crippen LogP contribution in [0.1, 0.15) is 0 Å². The van der Waals surface area contributed by atoms with Gasteiger partial charge in [0.2, 0.25) is 0 Å². The molecule has 0 fully saturated rings. The van der Waals surface area contributed by atoms with Crippen molar-refractivity contribution in [2.45, 2.75) is 0 Å². The van der Waals surface area contributed by atoms with Crippen molar-refractivity contribution in [1.82, 2.24) is 0 Å². The van der Waals surface area contributed by atoms with E-state index in [1.54, 1.807) is 0 Å². The first-order valence-electron chi connectivity index (χ1n) is 17.8. The highest BCUT2D eigenvalue weighted by atomic mass is 32.1. The summed E-state index contributed by atoms with van der Waals surface area (Å²) in [5, 5.41) is 7.67. The minimum absolute atomic E-state index is 1.11. The summed E-state index contributed by atoms with van der Waals surface area (Å²) in [5.74, 6) is 0. The standard InChI is InChI=1S/C50H33NS/c1-3-12-34(13-4-1)35-24-27-41(28-25-35)51(46-30-31-48-50(45-20-9-10-21-47(45)52-48)49(46)37-15-5-2-6-16-37)42-18-11-17-38(33-42)39-26-29-44-40(32-39)23-22-36-14-7-8-19-43(36)44/h1-33H. The van der Waals surface area contributed by atoms with Gasteiger partial charge in [-0.15, -0.1) is 11.3 Å². The second kappa shape index (κ2) is 12.7. The number of fused-ring (bicyclic) bond motifs is 6. The molecule has 10 aromatic rings. The van der Waals surface area contributed by atoms with Gasteiger partial charge in [-0.05, 0) is 97.9 Å². The first kappa shape index (κ1) is 30.4. The third-order valence-electron chi connectivity index (χ3n) is 10.2. The molecule has 10 rings (SSSR count). The molecular formula is C50H33NS. The molecule has 0 radical (unpaired) electrons. The van der Waals surface area contributed by atoms with E-state index in [4.69, 9.17) is 0 Å². The van der Waals surface area contributed by atoms with Crippen molar-refractivity contribution in [3.8, 4) is 33.4 Å². The van der Waals surface area contributed by atoms with Crippen molar-refractivity contribution in [1.29, 1.82) is 0 Å². The zero-order valence-corrected chi connectivity index (χ0v) is 29.2. The molecule has 0 amide bonds. The zero-order valence-electron chi connectivity index (χ0n) is 28.4. The van der Waals surface area contributed by atoms with E-state index < -0.39 is 0 Å². The molecule has 0 saturated carbocycles. The van der Waals surface area contributed by atoms with Crippen LogP contribution in [0, 0.1) is 0 Å². The van der Waals surface area contributed by atoms with Gasteiger partial charge in [0, 0.05) is 37.1 Å². The van der Waals surface area contributed by atoms with Gasteiger partial charge >= 0.3 is 0 Å². The topological polar surface area (TPSA) is 3.24 Å². The highest BCUT2D eigenvalue weighted by Crippen LogP contribution is 2.49. The van der Waals surface area contributed by atoms with Crippen LogP contribution in [0.5, 0.6) is 0 Å². The van der Waals surface area contributed by atoms with E-state index in [1.807, 2.05) is 11.3 Å². The molecule has 0 aliphatic heterocycles. The molecule has 0 unspecified atom stereocenters. The van der Waals surface area contributed by atoms with Crippen LogP contribution < -0.4 is 4.90 Å². The third kappa shape index (κ3) is 5.24. The SMILES string of the molecule is c1ccc(-c2ccc(N(c3cccc(-c4ccc5c(ccc6ccccc65)c4)c3)c3ccc4sc5ccccc5c4c3-c3ccccc3)cc2)cc1. The smallest absolute Gasteiger partial charge is 0.0547 e. The minimum Gasteiger partial charge on any atom is -0.310 e. The van der Waals surface area contributed by atoms with E-state index in [9.17, 15) is 0 Å². The average Bonchev–Trinajstić information content (AvgIpc) is 3.60. The van der Waals surface area contributed by atoms with Crippen LogP contribution >= 0.6 is 11.3 Å². The molecule has 0 saturated heterocycles. The highest BCUT2D eigenvalue weighted by molar-refractivity contribution is 7.26. The third-order valence-corrected chi connectivity index (χ3v) is 11.4. The number of benzene rings is 9. The van der Waals surface area contributed by atoms with Gasteiger partial charge in [-0.1, -0.05) is 152 Å². The van der Waals surface area contributed by atoms with Crippen LogP contribution in [0.25, 0.3) is 75.1 Å². The molecule has 1 aromatic heterocycles. The molecular weight excluding hydrogens is 647 g/mol. The van der Waals surface area contributed by atoms with Gasteiger partial charge in [-0.2, -0.15) is 0 Å². The number of rotatable bonds is 6. The summed E-state index contributed by atoms with van der Waals surface area (Å²) < 4.78 is 2.59. The Hall–Kier alpha value is -6.48. The van der Waals surface area contributed by atoms with Crippen molar-refractivity contribution < 1.29 is 0 Å². The Kier molecular flexibility index (Phi) is 7.41. The molecule has 52 heavy (non-hydrogen) atoms. The fourth-order valence-corrected chi connectivity index (χ4v) is 8.88. The van der Waals surface area contributed by atoms with Crippen LogP contribution in [0.2, 0.25) is 0 Å². The van der Waals surface area contributed by atoms with Crippen LogP contribution in [0.15, 0.2) is 200 Å². The second-order valence-electron chi connectivity index (χ2n) is 13.3. The van der Waals surface area contributed by atoms with Gasteiger partial charge in [-0.25, -0.2) is 0 Å². The Balaban J connectivity index is 1.19. The van der Waals surface area contributed by atoms with Crippen molar-refractivity contribution >= 4 is 70.1 Å². The normalized spacial score (nSPS) is 11.5. The quantitative estimate of drug-likeness (QED) is 0.158. The summed E-state index contributed by atoms with van der Waals surface area (Å²) in [7, 11) is 0. The molecule has 2 heteroatoms. The van der Waals surface area contributed by atoms with Crippen LogP contribution in [0.3, 0.4) is 0 Å². The van der Waals surface area contributed by atoms with E-state index in [1.165, 1.54) is 75.1 Å². The Labute approximate surface area is 307 Å². The van der Waals surface area contributed by atoms with Crippen LogP contribution in [-0.2, 0) is 0 Å². The lowest BCUT2D eigenvalue weighted by molar-refractivity contribution is 1.29. The fourth-order valence-electron chi connectivity index (χ4n) is 7.77. The predicted octanol–water partition coefficient (Wildman–Crippen LogP) is 14.8. The molecule has 1 heterocycles. The minimum atomic E-state index is 1.11. The number of hydrogen-bond donors (Lipinski definition) is 0. The van der Waals surface area contributed by atoms with E-state index in [2.05, 4.69) is 205 Å². The van der Waals surface area contributed by atoms with Crippen molar-refractivity contribution in [3.05, 3.63) is 200 Å². The number of anilines is 3. The van der Waals surface area contributed by atoms with Gasteiger partial charge in [0.05, 0.1) is 5.69 Å². The summed E-state index contributed by atoms with van der Waals surface area (Å²) in [5.41, 5.74) is 10.6. The largest absolute Gasteiger partial charge is 0.310 e. The van der Waals surface area contributed by atoms with E-state index in [0.717, 1.165) is 17.1 Å². The summed E-state index contributed by atoms with van der Waals surface area (Å²) in [4.78, 5) is 2.45.